The lowest BCUT2D eigenvalue weighted by atomic mass is 10.8. The summed E-state index contributed by atoms with van der Waals surface area (Å²) in [6, 6.07) is 0. The van der Waals surface area contributed by atoms with Gasteiger partial charge in [-0.25, -0.2) is 0 Å². The molecule has 0 N–H and O–H groups in total. The molecule has 1 fully saturated rings. The molecule has 120 valence electrons. The monoisotopic (exact) mass is 413 g/mol. The van der Waals surface area contributed by atoms with Gasteiger partial charge in [-0.15, -0.1) is 0 Å². The normalized spacial score (nSPS) is 30.4. The Hall–Kier alpha value is 1.54. The smallest absolute Gasteiger partial charge is 0.160 e. The fourth-order valence-corrected chi connectivity index (χ4v) is 33.1. The van der Waals surface area contributed by atoms with E-state index >= 15 is 0 Å². The van der Waals surface area contributed by atoms with Gasteiger partial charge < -0.3 is 20.5 Å². The Kier molecular flexibility index (Phi) is 10.9. The van der Waals surface area contributed by atoms with Gasteiger partial charge in [-0.05, 0) is 6.54 Å². The Bertz CT molecular complexity index is 195. The van der Waals surface area contributed by atoms with E-state index in [2.05, 4.69) is 53.6 Å². The van der Waals surface area contributed by atoms with Crippen molar-refractivity contribution in [1.29, 1.82) is 0 Å². The van der Waals surface area contributed by atoms with Crippen molar-refractivity contribution in [1.82, 2.24) is 20.5 Å². The van der Waals surface area contributed by atoms with E-state index in [4.69, 9.17) is 0 Å². The zero-order chi connectivity index (χ0) is 15.0. The van der Waals surface area contributed by atoms with Crippen molar-refractivity contribution in [2.24, 2.45) is 0 Å². The maximum Gasteiger partial charge on any atom is 0.160 e. The first kappa shape index (κ1) is 19.6. The van der Waals surface area contributed by atoms with Crippen LogP contribution in [-0.2, 0) is 0 Å². The second-order valence-electron chi connectivity index (χ2n) is 5.64. The lowest BCUT2D eigenvalue weighted by molar-refractivity contribution is 0.377. The lowest BCUT2D eigenvalue weighted by Gasteiger charge is -2.41. The van der Waals surface area contributed by atoms with Gasteiger partial charge in [-0.1, -0.05) is 33.1 Å². The zero-order valence-electron chi connectivity index (χ0n) is 14.3. The predicted octanol–water partition coefficient (Wildman–Crippen LogP) is -5.99. The Morgan fingerprint density at radius 3 is 1.70 bits per heavy atom. The Morgan fingerprint density at radius 2 is 1.25 bits per heavy atom. The molecule has 0 unspecified atom stereocenters. The summed E-state index contributed by atoms with van der Waals surface area (Å²) in [6.07, 6.45) is 0. The minimum atomic E-state index is -0.0751. The van der Waals surface area contributed by atoms with Crippen LogP contribution in [0.15, 0.2) is 0 Å². The molecular weight excluding hydrogens is 379 g/mol. The highest BCUT2D eigenvalue weighted by molar-refractivity contribution is 6.77. The van der Waals surface area contributed by atoms with Gasteiger partial charge in [0, 0.05) is 6.67 Å². The number of nitrogens with zero attached hydrogens (tertiary/aromatic N) is 5. The SMILES string of the molecule is CCN1CN([SiH2]C)[SiH2]N([SiH2]C)[SiH2]N([SiH2]C)[SiH2]N([SiH2]C)[SiH2]1. The van der Waals surface area contributed by atoms with Crippen molar-refractivity contribution in [3.63, 3.8) is 0 Å². The standard InChI is InChI=1S/C7H35N5Si8/c1-6-8-7-9(13-2)18-11(15-4)20-12(16-5)19-10(14-3)17-8/h6-7,13-20H2,1-5H3. The van der Waals surface area contributed by atoms with E-state index in [1.807, 2.05) is 0 Å². The van der Waals surface area contributed by atoms with Gasteiger partial charge in [-0.2, -0.15) is 0 Å². The van der Waals surface area contributed by atoms with Crippen LogP contribution >= 0.6 is 0 Å². The van der Waals surface area contributed by atoms with Crippen LogP contribution in [-0.4, -0.2) is 112 Å². The van der Waals surface area contributed by atoms with E-state index in [9.17, 15) is 0 Å². The molecule has 0 aromatic rings. The molecule has 1 rings (SSSR count). The molecule has 5 nitrogen and oxygen atoms in total. The van der Waals surface area contributed by atoms with Crippen LogP contribution in [0.1, 0.15) is 6.92 Å². The summed E-state index contributed by atoms with van der Waals surface area (Å²) in [5.41, 5.74) is 0. The fourth-order valence-electron chi connectivity index (χ4n) is 2.64. The summed E-state index contributed by atoms with van der Waals surface area (Å²) in [7, 11) is 0.261. The summed E-state index contributed by atoms with van der Waals surface area (Å²) >= 11 is 0. The van der Waals surface area contributed by atoms with Gasteiger partial charge in [0.1, 0.15) is 19.7 Å². The molecule has 1 saturated heterocycles. The quantitative estimate of drug-likeness (QED) is 0.416. The summed E-state index contributed by atoms with van der Waals surface area (Å²) in [4.78, 5) is 0. The average Bonchev–Trinajstić information content (AvgIpc) is 2.49. The minimum absolute atomic E-state index is 0.00388. The second kappa shape index (κ2) is 11.1. The lowest BCUT2D eigenvalue weighted by Crippen LogP contribution is -2.61. The van der Waals surface area contributed by atoms with Crippen LogP contribution in [0.2, 0.25) is 26.2 Å². The van der Waals surface area contributed by atoms with Crippen LogP contribution in [0.3, 0.4) is 0 Å². The van der Waals surface area contributed by atoms with Crippen LogP contribution in [0, 0.1) is 0 Å². The molecule has 0 amide bonds. The largest absolute Gasteiger partial charge is 0.360 e. The molecule has 1 aliphatic rings. The topological polar surface area (TPSA) is 16.2 Å². The molecule has 0 aromatic carbocycles. The van der Waals surface area contributed by atoms with Crippen molar-refractivity contribution in [2.75, 3.05) is 13.2 Å². The molecule has 20 heavy (non-hydrogen) atoms. The van der Waals surface area contributed by atoms with Gasteiger partial charge in [0.2, 0.25) is 0 Å². The van der Waals surface area contributed by atoms with Crippen molar-refractivity contribution < 1.29 is 0 Å². The van der Waals surface area contributed by atoms with E-state index < -0.39 is 0 Å². The number of rotatable bonds is 5. The molecule has 1 aliphatic heterocycles. The first-order valence-corrected chi connectivity index (χ1v) is 21.5. The molecule has 0 saturated carbocycles. The Morgan fingerprint density at radius 1 is 0.750 bits per heavy atom. The van der Waals surface area contributed by atoms with E-state index in [1.165, 1.54) is 13.2 Å². The Labute approximate surface area is 144 Å². The van der Waals surface area contributed by atoms with Crippen LogP contribution in [0.4, 0.5) is 0 Å². The second-order valence-corrected chi connectivity index (χ2v) is 29.0. The van der Waals surface area contributed by atoms with E-state index in [0.29, 0.717) is 0 Å². The van der Waals surface area contributed by atoms with Gasteiger partial charge >= 0.3 is 0 Å². The summed E-state index contributed by atoms with van der Waals surface area (Å²) in [5, 5.41) is 0. The Balaban J connectivity index is 2.80. The fraction of sp³-hybridized carbons (Fsp3) is 1.00. The van der Waals surface area contributed by atoms with Crippen molar-refractivity contribution in [2.45, 2.75) is 33.1 Å². The predicted molar refractivity (Wildman–Crippen MR) is 116 cm³/mol. The molecule has 0 bridgehead atoms. The zero-order valence-corrected chi connectivity index (χ0v) is 25.6. The first-order chi connectivity index (χ1) is 9.66. The van der Waals surface area contributed by atoms with Gasteiger partial charge in [0.15, 0.2) is 19.7 Å². The van der Waals surface area contributed by atoms with E-state index in [1.54, 1.807) is 0 Å². The van der Waals surface area contributed by atoms with Gasteiger partial charge in [0.05, 0.1) is 38.7 Å². The third-order valence-electron chi connectivity index (χ3n) is 4.24. The third-order valence-corrected chi connectivity index (χ3v) is 29.3. The van der Waals surface area contributed by atoms with Gasteiger partial charge in [-0.3, -0.25) is 0 Å². The maximum atomic E-state index is 3.11. The molecule has 0 aromatic heterocycles. The first-order valence-electron chi connectivity index (χ1n) is 8.28. The van der Waals surface area contributed by atoms with Crippen LogP contribution in [0.5, 0.6) is 0 Å². The molecule has 13 heteroatoms. The van der Waals surface area contributed by atoms with Crippen LogP contribution < -0.4 is 0 Å². The molecule has 1 heterocycles. The average molecular weight is 414 g/mol. The van der Waals surface area contributed by atoms with E-state index in [0.717, 1.165) is 0 Å². The van der Waals surface area contributed by atoms with Crippen molar-refractivity contribution in [3.8, 4) is 0 Å². The highest BCUT2D eigenvalue weighted by Crippen LogP contribution is 1.99. The highest BCUT2D eigenvalue weighted by Gasteiger charge is 2.20. The molecule has 0 spiro atoms. The molecular formula is C7H35N5Si8. The number of hydrogen-bond acceptors (Lipinski definition) is 5. The highest BCUT2D eigenvalue weighted by atomic mass is 28.4. The maximum absolute atomic E-state index is 3.11. The van der Waals surface area contributed by atoms with Crippen molar-refractivity contribution in [3.05, 3.63) is 0 Å². The minimum Gasteiger partial charge on any atom is -0.360 e. The molecule has 0 aliphatic carbocycles. The summed E-state index contributed by atoms with van der Waals surface area (Å²) in [5.74, 6) is 0. The van der Waals surface area contributed by atoms with E-state index in [-0.39, 0.29) is 78.1 Å². The molecule has 0 radical (unpaired) electrons. The summed E-state index contributed by atoms with van der Waals surface area (Å²) < 4.78 is 15.1. The molecule has 0 atom stereocenters. The van der Waals surface area contributed by atoms with Crippen LogP contribution in [0.25, 0.3) is 0 Å². The number of hydrogen-bond donors (Lipinski definition) is 0. The van der Waals surface area contributed by atoms with Crippen molar-refractivity contribution >= 4 is 78.1 Å². The van der Waals surface area contributed by atoms with Gasteiger partial charge in [0.25, 0.3) is 0 Å². The summed E-state index contributed by atoms with van der Waals surface area (Å²) in [6.45, 7) is 15.2. The third kappa shape index (κ3) is 6.75.